The highest BCUT2D eigenvalue weighted by molar-refractivity contribution is 5.81. The zero-order valence-corrected chi connectivity index (χ0v) is 11.8. The molecule has 1 aromatic heterocycles. The Morgan fingerprint density at radius 3 is 2.55 bits per heavy atom. The van der Waals surface area contributed by atoms with Crippen LogP contribution in [0.3, 0.4) is 0 Å². The van der Waals surface area contributed by atoms with Crippen molar-refractivity contribution >= 4 is 5.91 Å². The van der Waals surface area contributed by atoms with Crippen LogP contribution in [-0.2, 0) is 11.3 Å². The Labute approximate surface area is 119 Å². The second kappa shape index (κ2) is 6.91. The van der Waals surface area contributed by atoms with Gasteiger partial charge in [-0.3, -0.25) is 10.1 Å². The van der Waals surface area contributed by atoms with Crippen molar-refractivity contribution in [1.29, 1.82) is 0 Å². The van der Waals surface area contributed by atoms with E-state index in [2.05, 4.69) is 10.6 Å². The van der Waals surface area contributed by atoms with E-state index >= 15 is 0 Å². The van der Waals surface area contributed by atoms with Crippen molar-refractivity contribution in [2.75, 3.05) is 0 Å². The first-order valence-electron chi connectivity index (χ1n) is 6.78. The van der Waals surface area contributed by atoms with E-state index in [1.54, 1.807) is 12.3 Å². The number of nitrogens with one attached hydrogen (secondary N) is 2. The van der Waals surface area contributed by atoms with Gasteiger partial charge in [-0.15, -0.1) is 0 Å². The fraction of sp³-hybridized carbons (Fsp3) is 0.312. The van der Waals surface area contributed by atoms with Gasteiger partial charge in [0.15, 0.2) is 0 Å². The van der Waals surface area contributed by atoms with Crippen LogP contribution in [0.15, 0.2) is 53.1 Å². The Morgan fingerprint density at radius 2 is 1.90 bits per heavy atom. The van der Waals surface area contributed by atoms with Crippen molar-refractivity contribution in [3.63, 3.8) is 0 Å². The van der Waals surface area contributed by atoms with Gasteiger partial charge in [0, 0.05) is 6.04 Å². The number of furan rings is 1. The third-order valence-corrected chi connectivity index (χ3v) is 3.21. The molecule has 2 rings (SSSR count). The normalized spacial score (nSPS) is 13.7. The van der Waals surface area contributed by atoms with E-state index in [0.29, 0.717) is 6.54 Å². The van der Waals surface area contributed by atoms with Crippen molar-refractivity contribution < 1.29 is 9.21 Å². The smallest absolute Gasteiger partial charge is 0.237 e. The van der Waals surface area contributed by atoms with Gasteiger partial charge in [0.05, 0.1) is 18.8 Å². The predicted octanol–water partition coefficient (Wildman–Crippen LogP) is 2.64. The Morgan fingerprint density at radius 1 is 1.15 bits per heavy atom. The second-order valence-electron chi connectivity index (χ2n) is 4.82. The van der Waals surface area contributed by atoms with Gasteiger partial charge in [-0.25, -0.2) is 0 Å². The number of hydrogen-bond acceptors (Lipinski definition) is 3. The Kier molecular flexibility index (Phi) is 4.96. The number of carbonyl (C=O) groups is 1. The van der Waals surface area contributed by atoms with Crippen LogP contribution in [-0.4, -0.2) is 11.9 Å². The van der Waals surface area contributed by atoms with Crippen LogP contribution in [0.2, 0.25) is 0 Å². The van der Waals surface area contributed by atoms with Crippen LogP contribution < -0.4 is 10.6 Å². The van der Waals surface area contributed by atoms with Gasteiger partial charge in [0.2, 0.25) is 5.91 Å². The van der Waals surface area contributed by atoms with Gasteiger partial charge in [-0.2, -0.15) is 0 Å². The lowest BCUT2D eigenvalue weighted by atomic mass is 10.1. The Bertz CT molecular complexity index is 523. The third-order valence-electron chi connectivity index (χ3n) is 3.21. The minimum atomic E-state index is -0.264. The summed E-state index contributed by atoms with van der Waals surface area (Å²) in [5.74, 6) is 0.714. The monoisotopic (exact) mass is 272 g/mol. The molecule has 0 bridgehead atoms. The molecule has 0 fully saturated rings. The summed E-state index contributed by atoms with van der Waals surface area (Å²) in [5.41, 5.74) is 1.16. The van der Waals surface area contributed by atoms with E-state index in [0.717, 1.165) is 11.3 Å². The summed E-state index contributed by atoms with van der Waals surface area (Å²) < 4.78 is 5.18. The molecule has 1 aromatic carbocycles. The molecule has 0 aliphatic carbocycles. The summed E-state index contributed by atoms with van der Waals surface area (Å²) in [6, 6.07) is 13.6. The molecule has 2 N–H and O–H groups in total. The van der Waals surface area contributed by atoms with Gasteiger partial charge in [0.25, 0.3) is 0 Å². The second-order valence-corrected chi connectivity index (χ2v) is 4.82. The van der Waals surface area contributed by atoms with E-state index in [1.807, 2.05) is 50.2 Å². The number of benzene rings is 1. The molecule has 4 heteroatoms. The van der Waals surface area contributed by atoms with E-state index < -0.39 is 0 Å². The maximum Gasteiger partial charge on any atom is 0.237 e. The first kappa shape index (κ1) is 14.3. The zero-order chi connectivity index (χ0) is 14.4. The van der Waals surface area contributed by atoms with Crippen molar-refractivity contribution in [2.45, 2.75) is 32.5 Å². The van der Waals surface area contributed by atoms with E-state index in [9.17, 15) is 4.79 Å². The molecular formula is C16H20N2O2. The minimum Gasteiger partial charge on any atom is -0.467 e. The van der Waals surface area contributed by atoms with E-state index in [1.165, 1.54) is 0 Å². The van der Waals surface area contributed by atoms with Gasteiger partial charge < -0.3 is 9.73 Å². The predicted molar refractivity (Wildman–Crippen MR) is 78.0 cm³/mol. The van der Waals surface area contributed by atoms with Crippen molar-refractivity contribution in [2.24, 2.45) is 0 Å². The molecule has 4 nitrogen and oxygen atoms in total. The largest absolute Gasteiger partial charge is 0.467 e. The number of rotatable bonds is 6. The van der Waals surface area contributed by atoms with Gasteiger partial charge in [-0.05, 0) is 31.5 Å². The highest BCUT2D eigenvalue weighted by atomic mass is 16.3. The van der Waals surface area contributed by atoms with E-state index in [-0.39, 0.29) is 18.0 Å². The zero-order valence-electron chi connectivity index (χ0n) is 11.8. The lowest BCUT2D eigenvalue weighted by Gasteiger charge is -2.19. The lowest BCUT2D eigenvalue weighted by Crippen LogP contribution is -2.42. The first-order chi connectivity index (χ1) is 9.66. The number of amides is 1. The quantitative estimate of drug-likeness (QED) is 0.850. The number of carbonyl (C=O) groups excluding carboxylic acids is 1. The summed E-state index contributed by atoms with van der Waals surface area (Å²) in [5, 5.41) is 6.13. The highest BCUT2D eigenvalue weighted by Gasteiger charge is 2.16. The van der Waals surface area contributed by atoms with Gasteiger partial charge in [0.1, 0.15) is 5.76 Å². The average molecular weight is 272 g/mol. The molecule has 0 saturated carbocycles. The molecule has 1 heterocycles. The van der Waals surface area contributed by atoms with Crippen LogP contribution in [0.1, 0.15) is 31.2 Å². The molecular weight excluding hydrogens is 252 g/mol. The molecule has 0 spiro atoms. The summed E-state index contributed by atoms with van der Waals surface area (Å²) in [4.78, 5) is 12.0. The maximum atomic E-state index is 12.0. The Hall–Kier alpha value is -2.07. The third kappa shape index (κ3) is 3.96. The number of hydrogen-bond donors (Lipinski definition) is 2. The SMILES string of the molecule is CC(NC(C)c1ccccc1)C(=O)NCc1ccco1. The van der Waals surface area contributed by atoms with E-state index in [4.69, 9.17) is 4.42 Å². The van der Waals surface area contributed by atoms with Crippen LogP contribution in [0.4, 0.5) is 0 Å². The first-order valence-corrected chi connectivity index (χ1v) is 6.78. The molecule has 0 aliphatic rings. The molecule has 106 valence electrons. The lowest BCUT2D eigenvalue weighted by molar-refractivity contribution is -0.123. The highest BCUT2D eigenvalue weighted by Crippen LogP contribution is 2.11. The molecule has 2 unspecified atom stereocenters. The summed E-state index contributed by atoms with van der Waals surface area (Å²) in [6.45, 7) is 4.32. The van der Waals surface area contributed by atoms with Crippen LogP contribution in [0.25, 0.3) is 0 Å². The summed E-state index contributed by atoms with van der Waals surface area (Å²) >= 11 is 0. The Balaban J connectivity index is 1.81. The molecule has 0 radical (unpaired) electrons. The van der Waals surface area contributed by atoms with Crippen LogP contribution >= 0.6 is 0 Å². The van der Waals surface area contributed by atoms with Gasteiger partial charge in [-0.1, -0.05) is 30.3 Å². The van der Waals surface area contributed by atoms with Gasteiger partial charge >= 0.3 is 0 Å². The molecule has 20 heavy (non-hydrogen) atoms. The standard InChI is InChI=1S/C16H20N2O2/c1-12(14-7-4-3-5-8-14)18-13(2)16(19)17-11-15-9-6-10-20-15/h3-10,12-13,18H,11H2,1-2H3,(H,17,19). The van der Waals surface area contributed by atoms with Crippen LogP contribution in [0, 0.1) is 0 Å². The minimum absolute atomic E-state index is 0.0378. The molecule has 2 aromatic rings. The fourth-order valence-corrected chi connectivity index (χ4v) is 2.03. The molecule has 2 atom stereocenters. The van der Waals surface area contributed by atoms with Crippen molar-refractivity contribution in [3.05, 3.63) is 60.1 Å². The summed E-state index contributed by atoms with van der Waals surface area (Å²) in [6.07, 6.45) is 1.60. The fourth-order valence-electron chi connectivity index (χ4n) is 2.03. The molecule has 0 aliphatic heterocycles. The van der Waals surface area contributed by atoms with Crippen LogP contribution in [0.5, 0.6) is 0 Å². The van der Waals surface area contributed by atoms with Crippen molar-refractivity contribution in [3.8, 4) is 0 Å². The van der Waals surface area contributed by atoms with Crippen molar-refractivity contribution in [1.82, 2.24) is 10.6 Å². The summed E-state index contributed by atoms with van der Waals surface area (Å²) in [7, 11) is 0. The molecule has 1 amide bonds. The topological polar surface area (TPSA) is 54.3 Å². The molecule has 0 saturated heterocycles. The maximum absolute atomic E-state index is 12.0. The average Bonchev–Trinajstić information content (AvgIpc) is 2.98.